The lowest BCUT2D eigenvalue weighted by molar-refractivity contribution is -0.671. The van der Waals surface area contributed by atoms with Crippen LogP contribution < -0.4 is 9.46 Å². The fourth-order valence-corrected chi connectivity index (χ4v) is 2.15. The topological polar surface area (TPSA) is 67.4 Å². The molecular weight excluding hydrogens is 291 g/mol. The number of hydrogen-bond donors (Lipinski definition) is 0. The zero-order valence-electron chi connectivity index (χ0n) is 13.7. The summed E-state index contributed by atoms with van der Waals surface area (Å²) in [7, 11) is -1.98. The molecule has 0 aromatic carbocycles. The number of nitrogens with zero attached hydrogens (tertiary/aromatic N) is 2. The summed E-state index contributed by atoms with van der Waals surface area (Å²) in [4.78, 5) is 11.0. The van der Waals surface area contributed by atoms with Crippen molar-refractivity contribution in [2.24, 2.45) is 7.05 Å². The van der Waals surface area contributed by atoms with Crippen LogP contribution in [0.4, 0.5) is 0 Å². The molecule has 0 fully saturated rings. The molecule has 0 N–H and O–H groups in total. The van der Waals surface area contributed by atoms with E-state index < -0.39 is 7.82 Å². The van der Waals surface area contributed by atoms with Gasteiger partial charge >= 0.3 is 0 Å². The highest BCUT2D eigenvalue weighted by Crippen LogP contribution is 2.38. The van der Waals surface area contributed by atoms with Crippen LogP contribution in [0.3, 0.4) is 0 Å². The van der Waals surface area contributed by atoms with Gasteiger partial charge in [0.25, 0.3) is 7.82 Å². The van der Waals surface area contributed by atoms with Gasteiger partial charge in [-0.1, -0.05) is 26.7 Å². The molecule has 124 valence electrons. The monoisotopic (exact) mass is 320 g/mol. The Balaban J connectivity index is 0.000000423. The van der Waals surface area contributed by atoms with Gasteiger partial charge in [-0.25, -0.2) is 9.13 Å². The summed E-state index contributed by atoms with van der Waals surface area (Å²) in [5.41, 5.74) is 0. The van der Waals surface area contributed by atoms with Gasteiger partial charge in [-0.3, -0.25) is 4.57 Å². The highest BCUT2D eigenvalue weighted by Gasteiger charge is 2.07. The number of hydrogen-bond acceptors (Lipinski definition) is 4. The van der Waals surface area contributed by atoms with Crippen molar-refractivity contribution in [1.29, 1.82) is 0 Å². The van der Waals surface area contributed by atoms with Crippen LogP contribution in [-0.2, 0) is 27.2 Å². The molecule has 0 atom stereocenters. The van der Waals surface area contributed by atoms with Crippen LogP contribution in [0.1, 0.15) is 46.5 Å². The molecule has 0 spiro atoms. The SMILES string of the molecule is CCCCOP(=O)([O-])OCCCC.CCn1cc[n+](C)c1. The normalized spacial score (nSPS) is 11.1. The Kier molecular flexibility index (Phi) is 11.5. The van der Waals surface area contributed by atoms with Gasteiger partial charge in [0.2, 0.25) is 6.33 Å². The third-order valence-electron chi connectivity index (χ3n) is 2.68. The van der Waals surface area contributed by atoms with Gasteiger partial charge in [-0.05, 0) is 19.8 Å². The van der Waals surface area contributed by atoms with Crippen LogP contribution in [0, 0.1) is 0 Å². The predicted molar refractivity (Wildman–Crippen MR) is 80.6 cm³/mol. The lowest BCUT2D eigenvalue weighted by Gasteiger charge is -2.22. The summed E-state index contributed by atoms with van der Waals surface area (Å²) in [6, 6.07) is 0. The standard InChI is InChI=1S/C8H19O4P.C6H11N2/c1-3-5-7-11-13(9,10)12-8-6-4-2;1-3-8-5-4-7(2)6-8/h3-8H2,1-2H3,(H,9,10);4-6H,3H2,1-2H3/q;+1/p-1. The van der Waals surface area contributed by atoms with Gasteiger partial charge in [-0.2, -0.15) is 0 Å². The first kappa shape index (κ1) is 20.3. The third kappa shape index (κ3) is 11.6. The number of aryl methyl sites for hydroxylation is 2. The van der Waals surface area contributed by atoms with Crippen molar-refractivity contribution in [3.8, 4) is 0 Å². The maximum atomic E-state index is 11.0. The Bertz CT molecular complexity index is 395. The minimum atomic E-state index is -4.00. The first-order valence-electron chi connectivity index (χ1n) is 7.56. The summed E-state index contributed by atoms with van der Waals surface area (Å²) in [6.45, 7) is 7.57. The Morgan fingerprint density at radius 3 is 1.95 bits per heavy atom. The largest absolute Gasteiger partial charge is 0.756 e. The van der Waals surface area contributed by atoms with E-state index in [1.54, 1.807) is 0 Å². The van der Waals surface area contributed by atoms with Crippen LogP contribution >= 0.6 is 7.82 Å². The first-order chi connectivity index (χ1) is 9.95. The van der Waals surface area contributed by atoms with Crippen LogP contribution in [0.15, 0.2) is 18.7 Å². The van der Waals surface area contributed by atoms with E-state index in [4.69, 9.17) is 0 Å². The lowest BCUT2D eigenvalue weighted by Crippen LogP contribution is -2.23. The number of phosphoric ester groups is 1. The van der Waals surface area contributed by atoms with Crippen molar-refractivity contribution in [3.63, 3.8) is 0 Å². The molecule has 0 bridgehead atoms. The maximum Gasteiger partial charge on any atom is 0.267 e. The van der Waals surface area contributed by atoms with Gasteiger partial charge in [-0.15, -0.1) is 0 Å². The summed E-state index contributed by atoms with van der Waals surface area (Å²) in [6.07, 6.45) is 9.44. The van der Waals surface area contributed by atoms with E-state index in [-0.39, 0.29) is 13.2 Å². The molecule has 0 saturated heterocycles. The maximum absolute atomic E-state index is 11.0. The molecule has 0 unspecified atom stereocenters. The Morgan fingerprint density at radius 2 is 1.67 bits per heavy atom. The van der Waals surface area contributed by atoms with E-state index in [1.807, 2.05) is 31.7 Å². The van der Waals surface area contributed by atoms with Gasteiger partial charge < -0.3 is 13.9 Å². The molecule has 0 aliphatic heterocycles. The van der Waals surface area contributed by atoms with Crippen LogP contribution in [0.5, 0.6) is 0 Å². The average molecular weight is 320 g/mol. The zero-order valence-corrected chi connectivity index (χ0v) is 14.6. The second-order valence-corrected chi connectivity index (χ2v) is 6.14. The van der Waals surface area contributed by atoms with Crippen molar-refractivity contribution in [3.05, 3.63) is 18.7 Å². The molecule has 1 aromatic rings. The fraction of sp³-hybridized carbons (Fsp3) is 0.786. The van der Waals surface area contributed by atoms with Crippen molar-refractivity contribution in [2.45, 2.75) is 53.0 Å². The second kappa shape index (κ2) is 11.9. The number of unbranched alkanes of at least 4 members (excludes halogenated alkanes) is 2. The minimum Gasteiger partial charge on any atom is -0.756 e. The first-order valence-corrected chi connectivity index (χ1v) is 9.02. The fourth-order valence-electron chi connectivity index (χ4n) is 1.37. The Morgan fingerprint density at radius 1 is 1.14 bits per heavy atom. The summed E-state index contributed by atoms with van der Waals surface area (Å²) >= 11 is 0. The van der Waals surface area contributed by atoms with Crippen molar-refractivity contribution in [1.82, 2.24) is 4.57 Å². The molecule has 0 aliphatic rings. The predicted octanol–water partition coefficient (Wildman–Crippen LogP) is 2.42. The molecular formula is C14H29N2O4P. The molecule has 0 aliphatic carbocycles. The molecule has 7 heteroatoms. The molecule has 0 saturated carbocycles. The number of imidazole rings is 1. The molecule has 1 heterocycles. The summed E-state index contributed by atoms with van der Waals surface area (Å²) in [5, 5.41) is 0. The van der Waals surface area contributed by atoms with E-state index in [9.17, 15) is 9.46 Å². The van der Waals surface area contributed by atoms with Crippen LogP contribution in [-0.4, -0.2) is 17.8 Å². The quantitative estimate of drug-likeness (QED) is 0.398. The van der Waals surface area contributed by atoms with E-state index in [2.05, 4.69) is 33.1 Å². The smallest absolute Gasteiger partial charge is 0.267 e. The number of aromatic nitrogens is 2. The van der Waals surface area contributed by atoms with E-state index >= 15 is 0 Å². The number of rotatable bonds is 9. The molecule has 1 aromatic heterocycles. The molecule has 6 nitrogen and oxygen atoms in total. The summed E-state index contributed by atoms with van der Waals surface area (Å²) < 4.78 is 24.3. The molecule has 21 heavy (non-hydrogen) atoms. The van der Waals surface area contributed by atoms with Crippen molar-refractivity contribution < 1.29 is 23.1 Å². The van der Waals surface area contributed by atoms with E-state index in [0.29, 0.717) is 0 Å². The zero-order chi connectivity index (χ0) is 16.1. The highest BCUT2D eigenvalue weighted by atomic mass is 31.2. The van der Waals surface area contributed by atoms with Crippen LogP contribution in [0.25, 0.3) is 0 Å². The molecule has 0 radical (unpaired) electrons. The third-order valence-corrected chi connectivity index (χ3v) is 3.68. The van der Waals surface area contributed by atoms with Gasteiger partial charge in [0, 0.05) is 0 Å². The van der Waals surface area contributed by atoms with Gasteiger partial charge in [0.1, 0.15) is 12.4 Å². The minimum absolute atomic E-state index is 0.226. The summed E-state index contributed by atoms with van der Waals surface area (Å²) in [5.74, 6) is 0. The lowest BCUT2D eigenvalue weighted by atomic mass is 10.4. The van der Waals surface area contributed by atoms with E-state index in [1.165, 1.54) is 0 Å². The molecule has 0 amide bonds. The van der Waals surface area contributed by atoms with Crippen molar-refractivity contribution >= 4 is 7.82 Å². The second-order valence-electron chi connectivity index (χ2n) is 4.73. The van der Waals surface area contributed by atoms with Crippen LogP contribution in [0.2, 0.25) is 0 Å². The van der Waals surface area contributed by atoms with Gasteiger partial charge in [0.05, 0.1) is 26.8 Å². The average Bonchev–Trinajstić information content (AvgIpc) is 2.86. The Hall–Kier alpha value is -0.680. The molecule has 1 rings (SSSR count). The van der Waals surface area contributed by atoms with Gasteiger partial charge in [0.15, 0.2) is 0 Å². The van der Waals surface area contributed by atoms with Crippen molar-refractivity contribution in [2.75, 3.05) is 13.2 Å². The van der Waals surface area contributed by atoms with E-state index in [0.717, 1.165) is 32.2 Å². The Labute approximate surface area is 128 Å². The highest BCUT2D eigenvalue weighted by molar-refractivity contribution is 7.45. The number of phosphoric acid groups is 1.